The van der Waals surface area contributed by atoms with Crippen LogP contribution in [0.1, 0.15) is 18.0 Å². The number of rotatable bonds is 4. The Kier molecular flexibility index (Phi) is 4.95. The molecule has 1 saturated heterocycles. The zero-order chi connectivity index (χ0) is 21.6. The maximum absolute atomic E-state index is 13.4. The summed E-state index contributed by atoms with van der Waals surface area (Å²) in [6.45, 7) is 1.33. The molecular weight excluding hydrogens is 412 g/mol. The van der Waals surface area contributed by atoms with E-state index >= 15 is 0 Å². The highest BCUT2D eigenvalue weighted by Gasteiger charge is 2.40. The van der Waals surface area contributed by atoms with Gasteiger partial charge in [-0.1, -0.05) is 30.3 Å². The zero-order valence-corrected chi connectivity index (χ0v) is 18.1. The molecule has 0 unspecified atom stereocenters. The smallest absolute Gasteiger partial charge is 0.250 e. The van der Waals surface area contributed by atoms with E-state index in [0.717, 1.165) is 23.2 Å². The molecule has 5 rings (SSSR count). The van der Waals surface area contributed by atoms with E-state index in [1.165, 1.54) is 0 Å². The Labute approximate surface area is 181 Å². The van der Waals surface area contributed by atoms with Crippen LogP contribution in [0.3, 0.4) is 0 Å². The van der Waals surface area contributed by atoms with Crippen molar-refractivity contribution in [2.45, 2.75) is 23.8 Å². The molecule has 0 N–H and O–H groups in total. The molecule has 3 aromatic rings. The molecule has 2 aliphatic heterocycles. The second-order valence-electron chi connectivity index (χ2n) is 8.24. The van der Waals surface area contributed by atoms with Gasteiger partial charge in [0.15, 0.2) is 0 Å². The minimum Gasteiger partial charge on any atom is -0.497 e. The largest absolute Gasteiger partial charge is 0.497 e. The molecule has 0 radical (unpaired) electrons. The zero-order valence-electron chi connectivity index (χ0n) is 17.3. The fourth-order valence-corrected chi connectivity index (χ4v) is 6.49. The third kappa shape index (κ3) is 3.47. The van der Waals surface area contributed by atoms with Crippen LogP contribution in [0.4, 0.5) is 0 Å². The summed E-state index contributed by atoms with van der Waals surface area (Å²) in [7, 11) is -2.07. The van der Waals surface area contributed by atoms with Crippen molar-refractivity contribution in [3.63, 3.8) is 0 Å². The van der Waals surface area contributed by atoms with Gasteiger partial charge >= 0.3 is 0 Å². The third-order valence-electron chi connectivity index (χ3n) is 6.34. The van der Waals surface area contributed by atoms with Crippen LogP contribution in [0.15, 0.2) is 76.4 Å². The lowest BCUT2D eigenvalue weighted by molar-refractivity contribution is 0.187. The van der Waals surface area contributed by atoms with E-state index in [2.05, 4.69) is 0 Å². The van der Waals surface area contributed by atoms with E-state index in [1.807, 2.05) is 41.0 Å². The first-order valence-electron chi connectivity index (χ1n) is 10.4. The van der Waals surface area contributed by atoms with Gasteiger partial charge in [0, 0.05) is 42.9 Å². The summed E-state index contributed by atoms with van der Waals surface area (Å²) >= 11 is 0. The van der Waals surface area contributed by atoms with Crippen molar-refractivity contribution in [3.8, 4) is 16.9 Å². The molecule has 0 aliphatic carbocycles. The van der Waals surface area contributed by atoms with Crippen LogP contribution in [0, 0.1) is 5.92 Å². The van der Waals surface area contributed by atoms with Crippen molar-refractivity contribution in [1.82, 2.24) is 8.87 Å². The van der Waals surface area contributed by atoms with Gasteiger partial charge in [0.1, 0.15) is 5.75 Å². The van der Waals surface area contributed by atoms with E-state index in [0.29, 0.717) is 25.4 Å². The molecule has 31 heavy (non-hydrogen) atoms. The molecule has 2 aromatic carbocycles. The minimum absolute atomic E-state index is 0.0177. The molecule has 1 aromatic heterocycles. The maximum atomic E-state index is 13.4. The molecule has 2 bridgehead atoms. The van der Waals surface area contributed by atoms with Crippen molar-refractivity contribution in [2.75, 3.05) is 20.2 Å². The van der Waals surface area contributed by atoms with E-state index < -0.39 is 10.0 Å². The Morgan fingerprint density at radius 2 is 1.65 bits per heavy atom. The Hall–Kier alpha value is -2.90. The Bertz CT molecular complexity index is 1270. The van der Waals surface area contributed by atoms with E-state index in [1.54, 1.807) is 41.7 Å². The third-order valence-corrected chi connectivity index (χ3v) is 8.18. The van der Waals surface area contributed by atoms with Crippen molar-refractivity contribution < 1.29 is 13.2 Å². The van der Waals surface area contributed by atoms with E-state index in [-0.39, 0.29) is 22.3 Å². The van der Waals surface area contributed by atoms with Crippen LogP contribution < -0.4 is 10.3 Å². The van der Waals surface area contributed by atoms with E-state index in [4.69, 9.17) is 4.74 Å². The van der Waals surface area contributed by atoms with E-state index in [9.17, 15) is 13.2 Å². The number of hydrogen-bond donors (Lipinski definition) is 0. The van der Waals surface area contributed by atoms with Gasteiger partial charge in [-0.15, -0.1) is 0 Å². The predicted molar refractivity (Wildman–Crippen MR) is 119 cm³/mol. The van der Waals surface area contributed by atoms with Gasteiger partial charge in [-0.25, -0.2) is 8.42 Å². The molecule has 7 heteroatoms. The highest BCUT2D eigenvalue weighted by atomic mass is 32.2. The summed E-state index contributed by atoms with van der Waals surface area (Å²) < 4.78 is 35.3. The minimum atomic E-state index is -3.63. The number of sulfonamides is 1. The number of hydrogen-bond acceptors (Lipinski definition) is 4. The van der Waals surface area contributed by atoms with Crippen LogP contribution in [0.5, 0.6) is 5.75 Å². The Balaban J connectivity index is 1.54. The molecule has 2 atom stereocenters. The quantitative estimate of drug-likeness (QED) is 0.629. The molecule has 0 amide bonds. The second-order valence-corrected chi connectivity index (χ2v) is 10.2. The number of fused-ring (bicyclic) bond motifs is 4. The summed E-state index contributed by atoms with van der Waals surface area (Å²) in [5.41, 5.74) is 2.98. The summed E-state index contributed by atoms with van der Waals surface area (Å²) in [5, 5.41) is 0. The van der Waals surface area contributed by atoms with Crippen LogP contribution in [0.25, 0.3) is 11.1 Å². The van der Waals surface area contributed by atoms with Crippen molar-refractivity contribution >= 4 is 10.0 Å². The molecular formula is C24H24N2O4S. The topological polar surface area (TPSA) is 68.6 Å². The van der Waals surface area contributed by atoms with Crippen molar-refractivity contribution in [3.05, 3.63) is 82.8 Å². The highest BCUT2D eigenvalue weighted by molar-refractivity contribution is 7.89. The van der Waals surface area contributed by atoms with Gasteiger partial charge in [-0.05, 0) is 48.2 Å². The number of aromatic nitrogens is 1. The fraction of sp³-hybridized carbons (Fsp3) is 0.292. The first-order valence-corrected chi connectivity index (χ1v) is 11.8. The highest BCUT2D eigenvalue weighted by Crippen LogP contribution is 2.41. The molecule has 0 saturated carbocycles. The number of ether oxygens (including phenoxy) is 1. The number of benzene rings is 2. The normalized spacial score (nSPS) is 20.8. The van der Waals surface area contributed by atoms with Crippen LogP contribution in [0.2, 0.25) is 0 Å². The predicted octanol–water partition coefficient (Wildman–Crippen LogP) is 3.33. The standard InChI is InChI=1S/C24H24N2O4S/c1-30-20-7-9-21(10-8-20)31(28,29)25-14-17-13-19(16-25)24-22(18-5-3-2-4-6-18)11-12-23(27)26(24)15-17/h2-12,17,19H,13-16H2,1H3/t17-,19+/m0/s1. The molecule has 160 valence electrons. The maximum Gasteiger partial charge on any atom is 0.250 e. The average molecular weight is 437 g/mol. The molecule has 6 nitrogen and oxygen atoms in total. The first-order chi connectivity index (χ1) is 15.0. The molecule has 0 spiro atoms. The monoisotopic (exact) mass is 436 g/mol. The lowest BCUT2D eigenvalue weighted by Crippen LogP contribution is -2.49. The summed E-state index contributed by atoms with van der Waals surface area (Å²) in [5.74, 6) is 0.711. The average Bonchev–Trinajstić information content (AvgIpc) is 2.80. The van der Waals surface area contributed by atoms with Gasteiger partial charge in [0.2, 0.25) is 10.0 Å². The summed E-state index contributed by atoms with van der Waals surface area (Å²) in [6, 6.07) is 20.0. The number of methoxy groups -OCH3 is 1. The van der Waals surface area contributed by atoms with Gasteiger partial charge in [0.25, 0.3) is 5.56 Å². The van der Waals surface area contributed by atoms with Crippen LogP contribution >= 0.6 is 0 Å². The molecule has 3 heterocycles. The number of pyridine rings is 1. The fourth-order valence-electron chi connectivity index (χ4n) is 4.93. The first kappa shape index (κ1) is 20.0. The van der Waals surface area contributed by atoms with Gasteiger partial charge in [-0.3, -0.25) is 4.79 Å². The Morgan fingerprint density at radius 3 is 2.35 bits per heavy atom. The van der Waals surface area contributed by atoms with Gasteiger partial charge in [0.05, 0.1) is 12.0 Å². The van der Waals surface area contributed by atoms with Crippen LogP contribution in [-0.2, 0) is 16.6 Å². The van der Waals surface area contributed by atoms with Crippen molar-refractivity contribution in [2.24, 2.45) is 5.92 Å². The lowest BCUT2D eigenvalue weighted by atomic mass is 9.81. The number of piperidine rings is 1. The molecule has 2 aliphatic rings. The van der Waals surface area contributed by atoms with Gasteiger partial charge in [-0.2, -0.15) is 4.31 Å². The number of nitrogens with zero attached hydrogens (tertiary/aromatic N) is 2. The molecule has 1 fully saturated rings. The van der Waals surface area contributed by atoms with Crippen LogP contribution in [-0.4, -0.2) is 37.5 Å². The Morgan fingerprint density at radius 1 is 0.903 bits per heavy atom. The second kappa shape index (κ2) is 7.66. The summed E-state index contributed by atoms with van der Waals surface area (Å²) in [4.78, 5) is 12.9. The van der Waals surface area contributed by atoms with Crippen molar-refractivity contribution in [1.29, 1.82) is 0 Å². The van der Waals surface area contributed by atoms with Gasteiger partial charge < -0.3 is 9.30 Å². The SMILES string of the molecule is COc1ccc(S(=O)(=O)N2C[C@@H]3C[C@H](C2)c2c(-c4ccccc4)ccc(=O)n2C3)cc1. The lowest BCUT2D eigenvalue weighted by Gasteiger charge is -2.42. The summed E-state index contributed by atoms with van der Waals surface area (Å²) in [6.07, 6.45) is 0.887.